The fourth-order valence-corrected chi connectivity index (χ4v) is 3.03. The van der Waals surface area contributed by atoms with E-state index in [9.17, 15) is 14.9 Å². The second-order valence-electron chi connectivity index (χ2n) is 6.18. The molecule has 0 aliphatic carbocycles. The quantitative estimate of drug-likeness (QED) is 0.564. The molecule has 0 radical (unpaired) electrons. The Morgan fingerprint density at radius 1 is 1.33 bits per heavy atom. The molecular weight excluding hydrogens is 352 g/mol. The molecule has 1 aliphatic heterocycles. The lowest BCUT2D eigenvalue weighted by Gasteiger charge is -2.32. The number of hydrogen-bond acceptors (Lipinski definition) is 7. The Labute approximate surface area is 156 Å². The van der Waals surface area contributed by atoms with Gasteiger partial charge in [-0.2, -0.15) is 4.98 Å². The van der Waals surface area contributed by atoms with E-state index in [0.717, 1.165) is 12.8 Å². The number of benzene rings is 1. The SMILES string of the molecule is COc1cncc(OC2CCCN(C(=O)Cc3ccccc3[N+](=O)[O-])C2)n1. The number of carbonyl (C=O) groups is 1. The van der Waals surface area contributed by atoms with Crippen molar-refractivity contribution in [1.29, 1.82) is 0 Å². The number of likely N-dealkylation sites (tertiary alicyclic amines) is 1. The first-order chi connectivity index (χ1) is 13.1. The predicted molar refractivity (Wildman–Crippen MR) is 95.6 cm³/mol. The minimum atomic E-state index is -0.466. The summed E-state index contributed by atoms with van der Waals surface area (Å²) >= 11 is 0. The molecule has 1 fully saturated rings. The topological polar surface area (TPSA) is 108 Å². The number of carbonyl (C=O) groups excluding carboxylic acids is 1. The molecule has 1 unspecified atom stereocenters. The first kappa shape index (κ1) is 18.6. The zero-order valence-electron chi connectivity index (χ0n) is 14.9. The van der Waals surface area contributed by atoms with Gasteiger partial charge >= 0.3 is 0 Å². The highest BCUT2D eigenvalue weighted by Crippen LogP contribution is 2.21. The number of rotatable bonds is 6. The van der Waals surface area contributed by atoms with E-state index in [1.54, 1.807) is 23.1 Å². The molecule has 1 saturated heterocycles. The first-order valence-corrected chi connectivity index (χ1v) is 8.59. The molecule has 9 nitrogen and oxygen atoms in total. The van der Waals surface area contributed by atoms with Crippen molar-refractivity contribution in [3.63, 3.8) is 0 Å². The van der Waals surface area contributed by atoms with Crippen molar-refractivity contribution in [1.82, 2.24) is 14.9 Å². The number of aromatic nitrogens is 2. The Morgan fingerprint density at radius 3 is 2.89 bits per heavy atom. The number of hydrogen-bond donors (Lipinski definition) is 0. The van der Waals surface area contributed by atoms with Crippen molar-refractivity contribution in [2.24, 2.45) is 0 Å². The maximum absolute atomic E-state index is 12.6. The van der Waals surface area contributed by atoms with Crippen LogP contribution in [0.1, 0.15) is 18.4 Å². The molecule has 1 atom stereocenters. The number of amides is 1. The van der Waals surface area contributed by atoms with Gasteiger partial charge in [-0.05, 0) is 12.8 Å². The van der Waals surface area contributed by atoms with E-state index in [1.165, 1.54) is 25.6 Å². The third-order valence-electron chi connectivity index (χ3n) is 4.35. The zero-order chi connectivity index (χ0) is 19.2. The average molecular weight is 372 g/mol. The molecular formula is C18H20N4O5. The summed E-state index contributed by atoms with van der Waals surface area (Å²) in [6, 6.07) is 6.30. The van der Waals surface area contributed by atoms with Gasteiger partial charge in [0.25, 0.3) is 5.69 Å². The Bertz CT molecular complexity index is 829. The number of piperidine rings is 1. The van der Waals surface area contributed by atoms with Crippen molar-refractivity contribution in [2.45, 2.75) is 25.4 Å². The van der Waals surface area contributed by atoms with Gasteiger partial charge in [-0.3, -0.25) is 19.9 Å². The van der Waals surface area contributed by atoms with E-state index in [-0.39, 0.29) is 24.1 Å². The van der Waals surface area contributed by atoms with E-state index < -0.39 is 4.92 Å². The van der Waals surface area contributed by atoms with Crippen LogP contribution in [-0.4, -0.2) is 52.0 Å². The number of nitro benzene ring substituents is 1. The molecule has 27 heavy (non-hydrogen) atoms. The largest absolute Gasteiger partial charge is 0.480 e. The fraction of sp³-hybridized carbons (Fsp3) is 0.389. The third kappa shape index (κ3) is 4.69. The molecule has 1 amide bonds. The van der Waals surface area contributed by atoms with Crippen LogP contribution in [0, 0.1) is 10.1 Å². The Kier molecular flexibility index (Phi) is 5.80. The highest BCUT2D eigenvalue weighted by Gasteiger charge is 2.27. The molecule has 1 aliphatic rings. The molecule has 0 spiro atoms. The van der Waals surface area contributed by atoms with Crippen LogP contribution in [0.15, 0.2) is 36.7 Å². The van der Waals surface area contributed by atoms with Gasteiger partial charge in [-0.1, -0.05) is 18.2 Å². The highest BCUT2D eigenvalue weighted by molar-refractivity contribution is 5.80. The fourth-order valence-electron chi connectivity index (χ4n) is 3.03. The summed E-state index contributed by atoms with van der Waals surface area (Å²) in [6.07, 6.45) is 4.32. The standard InChI is InChI=1S/C18H20N4O5/c1-26-16-10-19-11-17(20-16)27-14-6-4-8-21(12-14)18(23)9-13-5-2-3-7-15(13)22(24)25/h2-3,5,7,10-11,14H,4,6,8-9,12H2,1H3. The Morgan fingerprint density at radius 2 is 2.11 bits per heavy atom. The van der Waals surface area contributed by atoms with E-state index in [0.29, 0.717) is 30.4 Å². The van der Waals surface area contributed by atoms with Crippen LogP contribution in [0.25, 0.3) is 0 Å². The van der Waals surface area contributed by atoms with E-state index in [2.05, 4.69) is 9.97 Å². The lowest BCUT2D eigenvalue weighted by atomic mass is 10.1. The van der Waals surface area contributed by atoms with Crippen LogP contribution in [-0.2, 0) is 11.2 Å². The van der Waals surface area contributed by atoms with E-state index >= 15 is 0 Å². The molecule has 9 heteroatoms. The summed E-state index contributed by atoms with van der Waals surface area (Å²) in [5.74, 6) is 0.536. The number of ether oxygens (including phenoxy) is 2. The van der Waals surface area contributed by atoms with Crippen molar-refractivity contribution >= 4 is 11.6 Å². The summed E-state index contributed by atoms with van der Waals surface area (Å²) in [5, 5.41) is 11.1. The summed E-state index contributed by atoms with van der Waals surface area (Å²) in [5.41, 5.74) is 0.372. The number of nitro groups is 1. The van der Waals surface area contributed by atoms with Crippen LogP contribution in [0.2, 0.25) is 0 Å². The Balaban J connectivity index is 1.63. The average Bonchev–Trinajstić information content (AvgIpc) is 2.68. The second kappa shape index (κ2) is 8.43. The van der Waals surface area contributed by atoms with Gasteiger partial charge in [0.15, 0.2) is 0 Å². The highest BCUT2D eigenvalue weighted by atomic mass is 16.6. The van der Waals surface area contributed by atoms with Crippen LogP contribution in [0.5, 0.6) is 11.8 Å². The number of para-hydroxylation sites is 1. The van der Waals surface area contributed by atoms with Crippen molar-refractivity contribution in [3.8, 4) is 11.8 Å². The smallest absolute Gasteiger partial charge is 0.273 e. The molecule has 2 heterocycles. The Hall–Kier alpha value is -3.23. The van der Waals surface area contributed by atoms with Gasteiger partial charge in [-0.15, -0.1) is 0 Å². The summed E-state index contributed by atoms with van der Waals surface area (Å²) in [7, 11) is 1.50. The normalized spacial score (nSPS) is 16.6. The van der Waals surface area contributed by atoms with Gasteiger partial charge in [0.2, 0.25) is 17.7 Å². The molecule has 0 bridgehead atoms. The molecule has 1 aromatic heterocycles. The van der Waals surface area contributed by atoms with Gasteiger partial charge < -0.3 is 14.4 Å². The molecule has 2 aromatic rings. The zero-order valence-corrected chi connectivity index (χ0v) is 14.9. The molecule has 0 saturated carbocycles. The molecule has 0 N–H and O–H groups in total. The minimum Gasteiger partial charge on any atom is -0.480 e. The maximum Gasteiger partial charge on any atom is 0.273 e. The van der Waals surface area contributed by atoms with E-state index in [4.69, 9.17) is 9.47 Å². The molecule has 1 aromatic carbocycles. The molecule has 3 rings (SSSR count). The first-order valence-electron chi connectivity index (χ1n) is 8.59. The minimum absolute atomic E-state index is 0.0111. The lowest BCUT2D eigenvalue weighted by Crippen LogP contribution is -2.45. The van der Waals surface area contributed by atoms with E-state index in [1.807, 2.05) is 0 Å². The van der Waals surface area contributed by atoms with Gasteiger partial charge in [0, 0.05) is 18.2 Å². The third-order valence-corrected chi connectivity index (χ3v) is 4.35. The molecule has 142 valence electrons. The van der Waals surface area contributed by atoms with Gasteiger partial charge in [0.05, 0.1) is 37.4 Å². The van der Waals surface area contributed by atoms with Crippen LogP contribution < -0.4 is 9.47 Å². The lowest BCUT2D eigenvalue weighted by molar-refractivity contribution is -0.385. The van der Waals surface area contributed by atoms with Gasteiger partial charge in [-0.25, -0.2) is 0 Å². The van der Waals surface area contributed by atoms with Crippen molar-refractivity contribution in [3.05, 3.63) is 52.3 Å². The van der Waals surface area contributed by atoms with Crippen LogP contribution >= 0.6 is 0 Å². The summed E-state index contributed by atoms with van der Waals surface area (Å²) in [6.45, 7) is 1.00. The number of methoxy groups -OCH3 is 1. The monoisotopic (exact) mass is 372 g/mol. The van der Waals surface area contributed by atoms with Crippen molar-refractivity contribution in [2.75, 3.05) is 20.2 Å². The summed E-state index contributed by atoms with van der Waals surface area (Å²) in [4.78, 5) is 33.1. The maximum atomic E-state index is 12.6. The second-order valence-corrected chi connectivity index (χ2v) is 6.18. The predicted octanol–water partition coefficient (Wildman–Crippen LogP) is 2.01. The number of nitrogens with zero attached hydrogens (tertiary/aromatic N) is 4. The van der Waals surface area contributed by atoms with Crippen LogP contribution in [0.3, 0.4) is 0 Å². The van der Waals surface area contributed by atoms with Crippen LogP contribution in [0.4, 0.5) is 5.69 Å². The van der Waals surface area contributed by atoms with Crippen molar-refractivity contribution < 1.29 is 19.2 Å². The van der Waals surface area contributed by atoms with Gasteiger partial charge in [0.1, 0.15) is 6.10 Å². The summed E-state index contributed by atoms with van der Waals surface area (Å²) < 4.78 is 10.9.